The van der Waals surface area contributed by atoms with Crippen LogP contribution in [0.4, 0.5) is 0 Å². The van der Waals surface area contributed by atoms with Crippen LogP contribution in [0.3, 0.4) is 0 Å². The summed E-state index contributed by atoms with van der Waals surface area (Å²) in [6.45, 7) is 5.90. The first-order valence-electron chi connectivity index (χ1n) is 10.0. The van der Waals surface area contributed by atoms with Crippen LogP contribution < -0.4 is 0 Å². The van der Waals surface area contributed by atoms with E-state index in [0.717, 1.165) is 38.5 Å². The SMILES string of the molecule is CC(=O)O[C@H]1CC[C@@]2(C)C(=CC(OO)C3C2CC[C@]2(C)C(=O)CCC32)C1. The van der Waals surface area contributed by atoms with Crippen LogP contribution in [0.2, 0.25) is 0 Å². The maximum atomic E-state index is 12.5. The van der Waals surface area contributed by atoms with Crippen LogP contribution in [0, 0.1) is 28.6 Å². The van der Waals surface area contributed by atoms with E-state index in [1.165, 1.54) is 12.5 Å². The van der Waals surface area contributed by atoms with Crippen LogP contribution in [0.25, 0.3) is 0 Å². The molecule has 3 fully saturated rings. The smallest absolute Gasteiger partial charge is 0.302 e. The second-order valence-electron chi connectivity index (χ2n) is 9.36. The molecule has 0 saturated heterocycles. The summed E-state index contributed by atoms with van der Waals surface area (Å²) in [7, 11) is 0. The third kappa shape index (κ3) is 2.50. The number of hydrogen-bond donors (Lipinski definition) is 1. The molecule has 0 spiro atoms. The molecule has 26 heavy (non-hydrogen) atoms. The van der Waals surface area contributed by atoms with Crippen LogP contribution in [-0.4, -0.2) is 29.2 Å². The summed E-state index contributed by atoms with van der Waals surface area (Å²) in [5, 5.41) is 9.67. The lowest BCUT2D eigenvalue weighted by Crippen LogP contribution is -2.55. The number of esters is 1. The predicted octanol–water partition coefficient (Wildman–Crippen LogP) is 3.92. The molecule has 5 heteroatoms. The molecule has 4 unspecified atom stereocenters. The van der Waals surface area contributed by atoms with Crippen molar-refractivity contribution in [2.24, 2.45) is 28.6 Å². The van der Waals surface area contributed by atoms with E-state index in [2.05, 4.69) is 19.9 Å². The summed E-state index contributed by atoms with van der Waals surface area (Å²) in [6, 6.07) is 0. The fourth-order valence-electron chi connectivity index (χ4n) is 6.80. The lowest BCUT2D eigenvalue weighted by Gasteiger charge is -2.58. The minimum Gasteiger partial charge on any atom is -0.462 e. The molecule has 0 aromatic carbocycles. The van der Waals surface area contributed by atoms with Crippen molar-refractivity contribution in [2.45, 2.75) is 77.9 Å². The minimum absolute atomic E-state index is 0.0450. The first-order valence-corrected chi connectivity index (χ1v) is 10.0. The zero-order valence-corrected chi connectivity index (χ0v) is 16.0. The van der Waals surface area contributed by atoms with Gasteiger partial charge in [-0.2, -0.15) is 0 Å². The lowest BCUT2D eigenvalue weighted by atomic mass is 9.47. The first kappa shape index (κ1) is 18.2. The Hall–Kier alpha value is -1.20. The number of ketones is 1. The maximum absolute atomic E-state index is 12.5. The average Bonchev–Trinajstić information content (AvgIpc) is 2.89. The molecule has 0 aromatic rings. The fraction of sp³-hybridized carbons (Fsp3) is 0.810. The molecule has 0 aliphatic heterocycles. The average molecular weight is 362 g/mol. The largest absolute Gasteiger partial charge is 0.462 e. The van der Waals surface area contributed by atoms with Crippen LogP contribution in [-0.2, 0) is 19.2 Å². The topological polar surface area (TPSA) is 72.8 Å². The molecule has 144 valence electrons. The van der Waals surface area contributed by atoms with Gasteiger partial charge in [-0.25, -0.2) is 4.89 Å². The summed E-state index contributed by atoms with van der Waals surface area (Å²) < 4.78 is 5.46. The number of hydrogen-bond acceptors (Lipinski definition) is 5. The molecular weight excluding hydrogens is 332 g/mol. The van der Waals surface area contributed by atoms with Crippen LogP contribution >= 0.6 is 0 Å². The van der Waals surface area contributed by atoms with Crippen molar-refractivity contribution in [3.63, 3.8) is 0 Å². The molecule has 3 saturated carbocycles. The summed E-state index contributed by atoms with van der Waals surface area (Å²) >= 11 is 0. The first-order chi connectivity index (χ1) is 12.3. The zero-order valence-electron chi connectivity index (χ0n) is 16.0. The van der Waals surface area contributed by atoms with E-state index in [0.29, 0.717) is 18.1 Å². The maximum Gasteiger partial charge on any atom is 0.302 e. The Balaban J connectivity index is 1.68. The van der Waals surface area contributed by atoms with Gasteiger partial charge in [0.1, 0.15) is 18.0 Å². The molecule has 0 radical (unpaired) electrons. The molecule has 0 heterocycles. The Morgan fingerprint density at radius 2 is 1.85 bits per heavy atom. The standard InChI is InChI=1S/C21H30O5/c1-12(22)25-14-6-8-20(2)13(10-14)11-17(26-24)19-15-4-5-18(23)21(15,3)9-7-16(19)20/h11,14-17,19,24H,4-10H2,1-3H3/t14-,15?,16?,17?,19?,20-,21-/m0/s1. The van der Waals surface area contributed by atoms with E-state index in [1.807, 2.05) is 0 Å². The Labute approximate surface area is 155 Å². The highest BCUT2D eigenvalue weighted by molar-refractivity contribution is 5.87. The van der Waals surface area contributed by atoms with Crippen molar-refractivity contribution in [3.05, 3.63) is 11.6 Å². The summed E-state index contributed by atoms with van der Waals surface area (Å²) in [5.41, 5.74) is 1.04. The molecule has 4 aliphatic carbocycles. The summed E-state index contributed by atoms with van der Waals surface area (Å²) in [5.74, 6) is 1.02. The van der Waals surface area contributed by atoms with E-state index in [4.69, 9.17) is 9.62 Å². The molecule has 0 amide bonds. The van der Waals surface area contributed by atoms with Gasteiger partial charge in [-0.15, -0.1) is 0 Å². The van der Waals surface area contributed by atoms with Gasteiger partial charge in [0.2, 0.25) is 0 Å². The Bertz CT molecular complexity index is 655. The van der Waals surface area contributed by atoms with E-state index in [-0.39, 0.29) is 40.8 Å². The molecule has 1 N–H and O–H groups in total. The summed E-state index contributed by atoms with van der Waals surface area (Å²) in [6.07, 6.45) is 7.71. The van der Waals surface area contributed by atoms with Gasteiger partial charge in [0, 0.05) is 25.2 Å². The molecular formula is C21H30O5. The van der Waals surface area contributed by atoms with Gasteiger partial charge in [0.05, 0.1) is 0 Å². The van der Waals surface area contributed by atoms with E-state index < -0.39 is 0 Å². The quantitative estimate of drug-likeness (QED) is 0.349. The third-order valence-corrected chi connectivity index (χ3v) is 8.23. The number of Topliss-reactive ketones (excluding diaryl/α,β-unsaturated/α-hetero) is 1. The van der Waals surface area contributed by atoms with Crippen molar-refractivity contribution >= 4 is 11.8 Å². The highest BCUT2D eigenvalue weighted by atomic mass is 17.1. The van der Waals surface area contributed by atoms with Crippen LogP contribution in [0.15, 0.2) is 11.6 Å². The van der Waals surface area contributed by atoms with E-state index in [1.54, 1.807) is 0 Å². The molecule has 0 bridgehead atoms. The molecule has 0 aromatic heterocycles. The Kier molecular flexibility index (Phi) is 4.31. The highest BCUT2D eigenvalue weighted by Gasteiger charge is 2.61. The Morgan fingerprint density at radius 3 is 2.54 bits per heavy atom. The second kappa shape index (κ2) is 6.16. The van der Waals surface area contributed by atoms with Crippen molar-refractivity contribution in [1.29, 1.82) is 0 Å². The van der Waals surface area contributed by atoms with Crippen molar-refractivity contribution in [1.82, 2.24) is 0 Å². The number of ether oxygens (including phenoxy) is 1. The van der Waals surface area contributed by atoms with Gasteiger partial charge in [-0.1, -0.05) is 25.5 Å². The number of carbonyl (C=O) groups excluding carboxylic acids is 2. The van der Waals surface area contributed by atoms with Crippen molar-refractivity contribution in [2.75, 3.05) is 0 Å². The van der Waals surface area contributed by atoms with Gasteiger partial charge in [-0.05, 0) is 55.3 Å². The van der Waals surface area contributed by atoms with E-state index in [9.17, 15) is 14.8 Å². The fourth-order valence-corrected chi connectivity index (χ4v) is 6.80. The number of rotatable bonds is 2. The van der Waals surface area contributed by atoms with Gasteiger partial charge < -0.3 is 4.74 Å². The van der Waals surface area contributed by atoms with Crippen LogP contribution in [0.5, 0.6) is 0 Å². The van der Waals surface area contributed by atoms with Gasteiger partial charge in [-0.3, -0.25) is 14.8 Å². The number of carbonyl (C=O) groups is 2. The third-order valence-electron chi connectivity index (χ3n) is 8.23. The molecule has 5 nitrogen and oxygen atoms in total. The van der Waals surface area contributed by atoms with E-state index >= 15 is 0 Å². The van der Waals surface area contributed by atoms with Crippen molar-refractivity contribution in [3.8, 4) is 0 Å². The lowest BCUT2D eigenvalue weighted by molar-refractivity contribution is -0.295. The van der Waals surface area contributed by atoms with Gasteiger partial charge >= 0.3 is 5.97 Å². The Morgan fingerprint density at radius 1 is 1.15 bits per heavy atom. The zero-order chi connectivity index (χ0) is 18.7. The second-order valence-corrected chi connectivity index (χ2v) is 9.36. The minimum atomic E-state index is -0.366. The van der Waals surface area contributed by atoms with Gasteiger partial charge in [0.15, 0.2) is 0 Å². The molecule has 7 atom stereocenters. The number of fused-ring (bicyclic) bond motifs is 5. The highest BCUT2D eigenvalue weighted by Crippen LogP contribution is 2.64. The van der Waals surface area contributed by atoms with Gasteiger partial charge in [0.25, 0.3) is 0 Å². The monoisotopic (exact) mass is 362 g/mol. The predicted molar refractivity (Wildman–Crippen MR) is 95.1 cm³/mol. The molecule has 4 aliphatic rings. The summed E-state index contributed by atoms with van der Waals surface area (Å²) in [4.78, 5) is 28.9. The van der Waals surface area contributed by atoms with Crippen molar-refractivity contribution < 1.29 is 24.5 Å². The normalized spacial score (nSPS) is 47.5. The van der Waals surface area contributed by atoms with Crippen LogP contribution in [0.1, 0.15) is 65.7 Å². The molecule has 4 rings (SSSR count).